The summed E-state index contributed by atoms with van der Waals surface area (Å²) < 4.78 is 5.63. The van der Waals surface area contributed by atoms with Crippen molar-refractivity contribution in [1.29, 1.82) is 0 Å². The van der Waals surface area contributed by atoms with Gasteiger partial charge in [-0.2, -0.15) is 0 Å². The Hall–Kier alpha value is -3.08. The summed E-state index contributed by atoms with van der Waals surface area (Å²) in [6, 6.07) is 14.4. The molecule has 0 saturated heterocycles. The van der Waals surface area contributed by atoms with E-state index in [-0.39, 0.29) is 12.0 Å². The van der Waals surface area contributed by atoms with Gasteiger partial charge in [-0.1, -0.05) is 24.3 Å². The first-order chi connectivity index (χ1) is 11.9. The summed E-state index contributed by atoms with van der Waals surface area (Å²) >= 11 is 0. The number of hydrogen-bond acceptors (Lipinski definition) is 3. The topological polar surface area (TPSA) is 81.4 Å². The van der Waals surface area contributed by atoms with Crippen molar-refractivity contribution < 1.29 is 14.3 Å². The lowest BCUT2D eigenvalue weighted by molar-refractivity contribution is -0.116. The molecular weight excluding hydrogens is 316 g/mol. The average Bonchev–Trinajstić information content (AvgIpc) is 2.58. The first kappa shape index (κ1) is 18.3. The van der Waals surface area contributed by atoms with Gasteiger partial charge in [0.15, 0.2) is 0 Å². The summed E-state index contributed by atoms with van der Waals surface area (Å²) in [7, 11) is 0. The van der Waals surface area contributed by atoms with Crippen molar-refractivity contribution in [2.75, 3.05) is 0 Å². The minimum Gasteiger partial charge on any atom is -0.491 e. The van der Waals surface area contributed by atoms with Gasteiger partial charge in [-0.15, -0.1) is 0 Å². The first-order valence-electron chi connectivity index (χ1n) is 8.05. The monoisotopic (exact) mass is 338 g/mol. The molecule has 0 radical (unpaired) electrons. The standard InChI is InChI=1S/C20H22N2O3/c1-14(2)25-18-8-4-5-15(12-18)9-10-19(23)22-13-16-6-3-7-17(11-16)20(21)24/h3-12,14H,13H2,1-2H3,(H2,21,24)(H,22,23). The van der Waals surface area contributed by atoms with E-state index in [2.05, 4.69) is 5.32 Å². The van der Waals surface area contributed by atoms with Crippen molar-refractivity contribution in [3.05, 3.63) is 71.3 Å². The molecule has 0 heterocycles. The number of carbonyl (C=O) groups is 2. The Kier molecular flexibility index (Phi) is 6.34. The summed E-state index contributed by atoms with van der Waals surface area (Å²) in [6.07, 6.45) is 3.29. The van der Waals surface area contributed by atoms with Crippen LogP contribution in [0.25, 0.3) is 6.08 Å². The van der Waals surface area contributed by atoms with Gasteiger partial charge in [-0.3, -0.25) is 9.59 Å². The number of nitrogens with two attached hydrogens (primary N) is 1. The minimum absolute atomic E-state index is 0.0960. The van der Waals surface area contributed by atoms with Crippen molar-refractivity contribution in [3.63, 3.8) is 0 Å². The maximum atomic E-state index is 12.0. The van der Waals surface area contributed by atoms with Gasteiger partial charge >= 0.3 is 0 Å². The Labute approximate surface area is 147 Å². The molecule has 0 saturated carbocycles. The highest BCUT2D eigenvalue weighted by Gasteiger charge is 2.03. The predicted octanol–water partition coefficient (Wildman–Crippen LogP) is 2.90. The quantitative estimate of drug-likeness (QED) is 0.762. The molecule has 3 N–H and O–H groups in total. The molecule has 130 valence electrons. The maximum absolute atomic E-state index is 12.0. The fraction of sp³-hybridized carbons (Fsp3) is 0.200. The van der Waals surface area contributed by atoms with Gasteiger partial charge in [0.05, 0.1) is 6.10 Å². The van der Waals surface area contributed by atoms with Crippen LogP contribution in [0.2, 0.25) is 0 Å². The van der Waals surface area contributed by atoms with Crippen LogP contribution in [0.1, 0.15) is 35.3 Å². The fourth-order valence-electron chi connectivity index (χ4n) is 2.22. The van der Waals surface area contributed by atoms with Crippen LogP contribution >= 0.6 is 0 Å². The molecule has 0 aromatic heterocycles. The van der Waals surface area contributed by atoms with Crippen LogP contribution in [-0.4, -0.2) is 17.9 Å². The fourth-order valence-corrected chi connectivity index (χ4v) is 2.22. The van der Waals surface area contributed by atoms with Crippen molar-refractivity contribution >= 4 is 17.9 Å². The van der Waals surface area contributed by atoms with Crippen molar-refractivity contribution in [1.82, 2.24) is 5.32 Å². The molecular formula is C20H22N2O3. The first-order valence-corrected chi connectivity index (χ1v) is 8.05. The van der Waals surface area contributed by atoms with Crippen LogP contribution in [0.5, 0.6) is 5.75 Å². The Morgan fingerprint density at radius 1 is 1.16 bits per heavy atom. The molecule has 2 aromatic rings. The van der Waals surface area contributed by atoms with E-state index in [1.165, 1.54) is 6.08 Å². The number of rotatable bonds is 7. The minimum atomic E-state index is -0.489. The van der Waals surface area contributed by atoms with Crippen molar-refractivity contribution in [2.45, 2.75) is 26.5 Å². The Balaban J connectivity index is 1.93. The van der Waals surface area contributed by atoms with Crippen LogP contribution in [0.15, 0.2) is 54.6 Å². The molecule has 0 aliphatic rings. The number of benzene rings is 2. The van der Waals surface area contributed by atoms with E-state index in [1.807, 2.05) is 44.2 Å². The molecule has 0 aliphatic heterocycles. The Morgan fingerprint density at radius 2 is 1.92 bits per heavy atom. The van der Waals surface area contributed by atoms with E-state index < -0.39 is 5.91 Å². The highest BCUT2D eigenvalue weighted by molar-refractivity contribution is 5.93. The second-order valence-corrected chi connectivity index (χ2v) is 5.85. The van der Waals surface area contributed by atoms with Crippen molar-refractivity contribution in [2.24, 2.45) is 5.73 Å². The molecule has 5 heteroatoms. The van der Waals surface area contributed by atoms with Crippen LogP contribution < -0.4 is 15.8 Å². The van der Waals surface area contributed by atoms with E-state index in [1.54, 1.807) is 24.3 Å². The van der Waals surface area contributed by atoms with Crippen LogP contribution in [0, 0.1) is 0 Å². The third kappa shape index (κ3) is 6.14. The molecule has 25 heavy (non-hydrogen) atoms. The number of ether oxygens (including phenoxy) is 1. The van der Waals surface area contributed by atoms with Crippen molar-refractivity contribution in [3.8, 4) is 5.75 Å². The SMILES string of the molecule is CC(C)Oc1cccc(C=CC(=O)NCc2cccc(C(N)=O)c2)c1. The molecule has 0 atom stereocenters. The third-order valence-corrected chi connectivity index (χ3v) is 3.34. The molecule has 2 rings (SSSR count). The second kappa shape index (κ2) is 8.68. The molecule has 0 unspecified atom stereocenters. The molecule has 0 spiro atoms. The van der Waals surface area contributed by atoms with E-state index in [0.717, 1.165) is 16.9 Å². The predicted molar refractivity (Wildman–Crippen MR) is 98.0 cm³/mol. The third-order valence-electron chi connectivity index (χ3n) is 3.34. The zero-order valence-corrected chi connectivity index (χ0v) is 14.4. The van der Waals surface area contributed by atoms with Gasteiger partial charge in [0.2, 0.25) is 11.8 Å². The van der Waals surface area contributed by atoms with E-state index >= 15 is 0 Å². The van der Waals surface area contributed by atoms with Gasteiger partial charge in [-0.05, 0) is 55.3 Å². The van der Waals surface area contributed by atoms with Crippen LogP contribution in [-0.2, 0) is 11.3 Å². The lowest BCUT2D eigenvalue weighted by atomic mass is 10.1. The van der Waals surface area contributed by atoms with Crippen LogP contribution in [0.4, 0.5) is 0 Å². The molecule has 0 bridgehead atoms. The number of nitrogens with one attached hydrogen (secondary N) is 1. The molecule has 2 aromatic carbocycles. The highest BCUT2D eigenvalue weighted by Crippen LogP contribution is 2.15. The Morgan fingerprint density at radius 3 is 2.64 bits per heavy atom. The molecule has 5 nitrogen and oxygen atoms in total. The Bertz CT molecular complexity index is 782. The zero-order valence-electron chi connectivity index (χ0n) is 14.4. The van der Waals surface area contributed by atoms with E-state index in [4.69, 9.17) is 10.5 Å². The van der Waals surface area contributed by atoms with Gasteiger partial charge in [0.25, 0.3) is 0 Å². The molecule has 0 fully saturated rings. The average molecular weight is 338 g/mol. The second-order valence-electron chi connectivity index (χ2n) is 5.85. The van der Waals surface area contributed by atoms with Gasteiger partial charge in [0, 0.05) is 18.2 Å². The summed E-state index contributed by atoms with van der Waals surface area (Å²) in [5.74, 6) is 0.0528. The zero-order chi connectivity index (χ0) is 18.2. The molecule has 2 amide bonds. The smallest absolute Gasteiger partial charge is 0.248 e. The number of carbonyl (C=O) groups excluding carboxylic acids is 2. The summed E-state index contributed by atoms with van der Waals surface area (Å²) in [6.45, 7) is 4.24. The number of hydrogen-bond donors (Lipinski definition) is 2. The summed E-state index contributed by atoms with van der Waals surface area (Å²) in [4.78, 5) is 23.1. The normalized spacial score (nSPS) is 10.8. The molecule has 0 aliphatic carbocycles. The lowest BCUT2D eigenvalue weighted by Crippen LogP contribution is -2.20. The number of primary amides is 1. The summed E-state index contributed by atoms with van der Waals surface area (Å²) in [5.41, 5.74) is 7.36. The number of amides is 2. The maximum Gasteiger partial charge on any atom is 0.248 e. The van der Waals surface area contributed by atoms with Crippen LogP contribution in [0.3, 0.4) is 0 Å². The summed E-state index contributed by atoms with van der Waals surface area (Å²) in [5, 5.41) is 2.77. The largest absolute Gasteiger partial charge is 0.491 e. The highest BCUT2D eigenvalue weighted by atomic mass is 16.5. The van der Waals surface area contributed by atoms with Gasteiger partial charge in [0.1, 0.15) is 5.75 Å². The van der Waals surface area contributed by atoms with E-state index in [9.17, 15) is 9.59 Å². The van der Waals surface area contributed by atoms with E-state index in [0.29, 0.717) is 12.1 Å². The lowest BCUT2D eigenvalue weighted by Gasteiger charge is -2.09. The van der Waals surface area contributed by atoms with Gasteiger partial charge in [-0.25, -0.2) is 0 Å². The van der Waals surface area contributed by atoms with Gasteiger partial charge < -0.3 is 15.8 Å².